The third-order valence-electron chi connectivity index (χ3n) is 1.72. The fraction of sp³-hybridized carbons (Fsp3) is 0.857. The molecular weight excluding hydrogens is 146 g/mol. The molecule has 0 fully saturated rings. The van der Waals surface area contributed by atoms with Gasteiger partial charge in [-0.2, -0.15) is 0 Å². The third-order valence-corrected chi connectivity index (χ3v) is 1.72. The second-order valence-corrected chi connectivity index (χ2v) is 2.68. The number of nitrogens with zero attached hydrogens (tertiary/aromatic N) is 1. The Morgan fingerprint density at radius 1 is 0.818 bits per heavy atom. The normalized spacial score (nSPS) is 12.0. The molecule has 1 radical (unpaired) electrons. The zero-order valence-corrected chi connectivity index (χ0v) is 6.74. The topological polar surface area (TPSA) is 60.7 Å². The molecule has 0 amide bonds. The summed E-state index contributed by atoms with van der Waals surface area (Å²) in [5.74, 6) is 0. The number of hydrogen-bond acceptors (Lipinski definition) is 3. The number of aliphatic hydroxyl groups is 3. The lowest BCUT2D eigenvalue weighted by molar-refractivity contribution is -0.886. The van der Waals surface area contributed by atoms with E-state index in [1.807, 2.05) is 0 Å². The molecule has 0 aliphatic rings. The molecule has 0 saturated carbocycles. The van der Waals surface area contributed by atoms with Gasteiger partial charge in [0, 0.05) is 0 Å². The molecule has 0 aromatic heterocycles. The Hall–Kier alpha value is -0.160. The Morgan fingerprint density at radius 3 is 1.27 bits per heavy atom. The fourth-order valence-electron chi connectivity index (χ4n) is 0.972. The van der Waals surface area contributed by atoms with Gasteiger partial charge in [-0.05, 0) is 0 Å². The average Bonchev–Trinajstić information content (AvgIpc) is 1.88. The Balaban J connectivity index is 3.79. The van der Waals surface area contributed by atoms with Crippen molar-refractivity contribution in [3.63, 3.8) is 0 Å². The Morgan fingerprint density at radius 2 is 1.09 bits per heavy atom. The number of aliphatic hydroxyl groups excluding tert-OH is 3. The largest absolute Gasteiger partial charge is 0.391 e. The smallest absolute Gasteiger partial charge is 0.129 e. The number of rotatable bonds is 6. The van der Waals surface area contributed by atoms with Gasteiger partial charge in [0.15, 0.2) is 0 Å². The highest BCUT2D eigenvalue weighted by Crippen LogP contribution is 2.01. The molecule has 0 bridgehead atoms. The van der Waals surface area contributed by atoms with Gasteiger partial charge in [-0.25, -0.2) is 0 Å². The highest BCUT2D eigenvalue weighted by Gasteiger charge is 2.19. The molecule has 0 rings (SSSR count). The third kappa shape index (κ3) is 4.31. The molecule has 4 heteroatoms. The molecule has 0 unspecified atom stereocenters. The van der Waals surface area contributed by atoms with Gasteiger partial charge in [-0.15, -0.1) is 0 Å². The van der Waals surface area contributed by atoms with E-state index in [9.17, 15) is 0 Å². The number of hydrogen-bond donors (Lipinski definition) is 3. The van der Waals surface area contributed by atoms with E-state index in [2.05, 4.69) is 7.05 Å². The van der Waals surface area contributed by atoms with Crippen LogP contribution in [0.15, 0.2) is 0 Å². The summed E-state index contributed by atoms with van der Waals surface area (Å²) in [5, 5.41) is 25.9. The summed E-state index contributed by atoms with van der Waals surface area (Å²) in [4.78, 5) is 0. The average molecular weight is 163 g/mol. The van der Waals surface area contributed by atoms with Crippen LogP contribution in [0.1, 0.15) is 0 Å². The van der Waals surface area contributed by atoms with Crippen LogP contribution in [0.4, 0.5) is 0 Å². The quantitative estimate of drug-likeness (QED) is 0.421. The van der Waals surface area contributed by atoms with Crippen molar-refractivity contribution >= 4 is 0 Å². The second kappa shape index (κ2) is 5.49. The summed E-state index contributed by atoms with van der Waals surface area (Å²) in [5.41, 5.74) is 0. The molecule has 0 aliphatic heterocycles. The molecule has 3 N–H and O–H groups in total. The van der Waals surface area contributed by atoms with E-state index in [4.69, 9.17) is 15.3 Å². The summed E-state index contributed by atoms with van der Waals surface area (Å²) >= 11 is 0. The molecule has 0 saturated heterocycles. The van der Waals surface area contributed by atoms with Gasteiger partial charge in [0.2, 0.25) is 0 Å². The molecule has 0 spiro atoms. The van der Waals surface area contributed by atoms with Crippen LogP contribution in [0.2, 0.25) is 0 Å². The molecule has 4 nitrogen and oxygen atoms in total. The minimum atomic E-state index is 0.0312. The zero-order valence-electron chi connectivity index (χ0n) is 6.74. The van der Waals surface area contributed by atoms with Crippen molar-refractivity contribution in [1.82, 2.24) is 0 Å². The van der Waals surface area contributed by atoms with Crippen molar-refractivity contribution in [3.8, 4) is 0 Å². The molecule has 67 valence electrons. The zero-order chi connectivity index (χ0) is 8.74. The van der Waals surface area contributed by atoms with Crippen LogP contribution in [0.25, 0.3) is 0 Å². The van der Waals surface area contributed by atoms with E-state index in [1.54, 1.807) is 0 Å². The standard InChI is InChI=1S/C7H17NO3/c1-8(2-5-9,3-6-10)4-7-11/h9-11H,1-7H2/q+1. The second-order valence-electron chi connectivity index (χ2n) is 2.68. The van der Waals surface area contributed by atoms with Gasteiger partial charge in [-0.1, -0.05) is 0 Å². The van der Waals surface area contributed by atoms with E-state index in [-0.39, 0.29) is 24.3 Å². The van der Waals surface area contributed by atoms with Crippen LogP contribution in [-0.2, 0) is 0 Å². The lowest BCUT2D eigenvalue weighted by Crippen LogP contribution is -2.47. The lowest BCUT2D eigenvalue weighted by Gasteiger charge is -2.31. The van der Waals surface area contributed by atoms with Gasteiger partial charge < -0.3 is 19.8 Å². The van der Waals surface area contributed by atoms with Crippen molar-refractivity contribution < 1.29 is 19.8 Å². The minimum Gasteiger partial charge on any atom is -0.391 e. The van der Waals surface area contributed by atoms with Crippen molar-refractivity contribution in [3.05, 3.63) is 7.05 Å². The first kappa shape index (κ1) is 10.8. The SMILES string of the molecule is [CH2][N+](CCO)(CCO)CCO. The molecule has 0 heterocycles. The summed E-state index contributed by atoms with van der Waals surface area (Å²) in [6.07, 6.45) is 0. The summed E-state index contributed by atoms with van der Waals surface area (Å²) in [7, 11) is 3.80. The van der Waals surface area contributed by atoms with Crippen LogP contribution < -0.4 is 0 Å². The van der Waals surface area contributed by atoms with Gasteiger partial charge in [0.05, 0.1) is 19.8 Å². The summed E-state index contributed by atoms with van der Waals surface area (Å²) in [6.45, 7) is 1.51. The van der Waals surface area contributed by atoms with Gasteiger partial charge in [0.1, 0.15) is 26.7 Å². The van der Waals surface area contributed by atoms with Crippen molar-refractivity contribution in [2.24, 2.45) is 0 Å². The van der Waals surface area contributed by atoms with E-state index < -0.39 is 0 Å². The van der Waals surface area contributed by atoms with Crippen molar-refractivity contribution in [2.75, 3.05) is 39.5 Å². The molecule has 11 heavy (non-hydrogen) atoms. The Kier molecular flexibility index (Phi) is 5.41. The first-order chi connectivity index (χ1) is 5.18. The summed E-state index contributed by atoms with van der Waals surface area (Å²) < 4.78 is 0.281. The minimum absolute atomic E-state index is 0.0312. The maximum absolute atomic E-state index is 8.64. The monoisotopic (exact) mass is 163 g/mol. The summed E-state index contributed by atoms with van der Waals surface area (Å²) in [6, 6.07) is 0. The van der Waals surface area contributed by atoms with Crippen LogP contribution in [0.5, 0.6) is 0 Å². The molecule has 0 aliphatic carbocycles. The fourth-order valence-corrected chi connectivity index (χ4v) is 0.972. The molecule has 0 aromatic carbocycles. The lowest BCUT2D eigenvalue weighted by atomic mass is 10.4. The Bertz CT molecular complexity index is 80.7. The number of quaternary nitrogens is 1. The van der Waals surface area contributed by atoms with Crippen LogP contribution in [0, 0.1) is 7.05 Å². The van der Waals surface area contributed by atoms with Gasteiger partial charge >= 0.3 is 0 Å². The van der Waals surface area contributed by atoms with E-state index in [0.717, 1.165) is 0 Å². The van der Waals surface area contributed by atoms with E-state index in [0.29, 0.717) is 19.6 Å². The maximum Gasteiger partial charge on any atom is 0.129 e. The molecule has 0 aromatic rings. The highest BCUT2D eigenvalue weighted by molar-refractivity contribution is 4.41. The Labute approximate surface area is 67.3 Å². The molecular formula is C7H17NO3+. The molecule has 0 atom stereocenters. The first-order valence-corrected chi connectivity index (χ1v) is 3.71. The predicted molar refractivity (Wildman–Crippen MR) is 41.5 cm³/mol. The van der Waals surface area contributed by atoms with Crippen LogP contribution in [-0.4, -0.2) is 59.3 Å². The first-order valence-electron chi connectivity index (χ1n) is 3.71. The van der Waals surface area contributed by atoms with Crippen LogP contribution >= 0.6 is 0 Å². The highest BCUT2D eigenvalue weighted by atomic mass is 16.3. The van der Waals surface area contributed by atoms with E-state index in [1.165, 1.54) is 0 Å². The van der Waals surface area contributed by atoms with E-state index >= 15 is 0 Å². The van der Waals surface area contributed by atoms with Gasteiger partial charge in [0.25, 0.3) is 0 Å². The van der Waals surface area contributed by atoms with Crippen molar-refractivity contribution in [1.29, 1.82) is 0 Å². The van der Waals surface area contributed by atoms with Gasteiger partial charge in [-0.3, -0.25) is 0 Å². The van der Waals surface area contributed by atoms with Crippen LogP contribution in [0.3, 0.4) is 0 Å². The predicted octanol–water partition coefficient (Wildman–Crippen LogP) is -1.43. The van der Waals surface area contributed by atoms with Crippen molar-refractivity contribution in [2.45, 2.75) is 0 Å². The maximum atomic E-state index is 8.64.